The quantitative estimate of drug-likeness (QED) is 0.713. The number of carbonyl (C=O) groups is 1. The van der Waals surface area contributed by atoms with E-state index in [9.17, 15) is 4.79 Å². The SMILES string of the molecule is COCCn1ccc2c(NC(=O)[C@H]3CCCN(c4ncccn4)C3)cccc21. The van der Waals surface area contributed by atoms with Crippen molar-refractivity contribution in [2.24, 2.45) is 5.92 Å². The first kappa shape index (κ1) is 18.4. The average molecular weight is 379 g/mol. The average Bonchev–Trinajstić information content (AvgIpc) is 3.17. The van der Waals surface area contributed by atoms with E-state index >= 15 is 0 Å². The number of nitrogens with one attached hydrogen (secondary N) is 1. The highest BCUT2D eigenvalue weighted by atomic mass is 16.5. The van der Waals surface area contributed by atoms with Gasteiger partial charge in [-0.3, -0.25) is 4.79 Å². The van der Waals surface area contributed by atoms with Crippen LogP contribution in [0, 0.1) is 5.92 Å². The normalized spacial score (nSPS) is 17.0. The van der Waals surface area contributed by atoms with Gasteiger partial charge in [-0.25, -0.2) is 9.97 Å². The van der Waals surface area contributed by atoms with Crippen molar-refractivity contribution in [2.75, 3.05) is 37.0 Å². The number of anilines is 2. The third-order valence-electron chi connectivity index (χ3n) is 5.24. The molecule has 0 bridgehead atoms. The second-order valence-corrected chi connectivity index (χ2v) is 7.06. The van der Waals surface area contributed by atoms with Crippen molar-refractivity contribution in [2.45, 2.75) is 19.4 Å². The maximum Gasteiger partial charge on any atom is 0.229 e. The van der Waals surface area contributed by atoms with E-state index in [2.05, 4.69) is 30.8 Å². The fourth-order valence-corrected chi connectivity index (χ4v) is 3.78. The molecule has 7 heteroatoms. The molecule has 1 saturated heterocycles. The third-order valence-corrected chi connectivity index (χ3v) is 5.24. The Morgan fingerprint density at radius 1 is 1.25 bits per heavy atom. The Kier molecular flexibility index (Phi) is 5.53. The molecule has 0 spiro atoms. The molecule has 7 nitrogen and oxygen atoms in total. The van der Waals surface area contributed by atoms with Crippen LogP contribution in [0.4, 0.5) is 11.6 Å². The summed E-state index contributed by atoms with van der Waals surface area (Å²) in [7, 11) is 1.70. The van der Waals surface area contributed by atoms with E-state index < -0.39 is 0 Å². The number of ether oxygens (including phenoxy) is 1. The number of hydrogen-bond donors (Lipinski definition) is 1. The zero-order valence-corrected chi connectivity index (χ0v) is 16.0. The summed E-state index contributed by atoms with van der Waals surface area (Å²) in [4.78, 5) is 23.7. The number of benzene rings is 1. The lowest BCUT2D eigenvalue weighted by Crippen LogP contribution is -2.41. The minimum Gasteiger partial charge on any atom is -0.383 e. The number of hydrogen-bond acceptors (Lipinski definition) is 5. The van der Waals surface area contributed by atoms with Crippen LogP contribution in [-0.4, -0.2) is 47.2 Å². The number of carbonyl (C=O) groups excluding carboxylic acids is 1. The Bertz CT molecular complexity index is 940. The van der Waals surface area contributed by atoms with E-state index in [0.29, 0.717) is 19.1 Å². The minimum absolute atomic E-state index is 0.0535. The number of piperidine rings is 1. The molecule has 0 aliphatic carbocycles. The Hall–Kier alpha value is -2.93. The second-order valence-electron chi connectivity index (χ2n) is 7.06. The van der Waals surface area contributed by atoms with Gasteiger partial charge in [0.25, 0.3) is 0 Å². The van der Waals surface area contributed by atoms with Crippen molar-refractivity contribution in [3.8, 4) is 0 Å². The minimum atomic E-state index is -0.0802. The topological polar surface area (TPSA) is 72.3 Å². The monoisotopic (exact) mass is 379 g/mol. The van der Waals surface area contributed by atoms with Gasteiger partial charge in [0.2, 0.25) is 11.9 Å². The van der Waals surface area contributed by atoms with Crippen LogP contribution in [0.3, 0.4) is 0 Å². The van der Waals surface area contributed by atoms with Crippen LogP contribution in [0.25, 0.3) is 10.9 Å². The summed E-state index contributed by atoms with van der Waals surface area (Å²) < 4.78 is 7.32. The molecular formula is C21H25N5O2. The molecule has 146 valence electrons. The van der Waals surface area contributed by atoms with Crippen molar-refractivity contribution >= 4 is 28.4 Å². The van der Waals surface area contributed by atoms with Crippen molar-refractivity contribution < 1.29 is 9.53 Å². The number of methoxy groups -OCH3 is 1. The van der Waals surface area contributed by atoms with Gasteiger partial charge in [0, 0.05) is 50.7 Å². The van der Waals surface area contributed by atoms with Gasteiger partial charge < -0.3 is 19.5 Å². The summed E-state index contributed by atoms with van der Waals surface area (Å²) >= 11 is 0. The van der Waals surface area contributed by atoms with Crippen LogP contribution in [-0.2, 0) is 16.1 Å². The van der Waals surface area contributed by atoms with Crippen LogP contribution >= 0.6 is 0 Å². The van der Waals surface area contributed by atoms with E-state index in [-0.39, 0.29) is 11.8 Å². The highest BCUT2D eigenvalue weighted by molar-refractivity contribution is 6.02. The Morgan fingerprint density at radius 3 is 2.93 bits per heavy atom. The fourth-order valence-electron chi connectivity index (χ4n) is 3.78. The standard InChI is InChI=1S/C21H25N5O2/c1-28-14-13-25-12-8-17-18(6-2-7-19(17)25)24-20(27)16-5-3-11-26(15-16)21-22-9-4-10-23-21/h2,4,6-10,12,16H,3,5,11,13-15H2,1H3,(H,24,27)/t16-/m0/s1. The second kappa shape index (κ2) is 8.39. The molecule has 2 aromatic heterocycles. The molecule has 3 aromatic rings. The number of rotatable bonds is 6. The van der Waals surface area contributed by atoms with Crippen LogP contribution in [0.2, 0.25) is 0 Å². The van der Waals surface area contributed by atoms with Gasteiger partial charge in [0.15, 0.2) is 0 Å². The van der Waals surface area contributed by atoms with Crippen molar-refractivity contribution in [1.82, 2.24) is 14.5 Å². The summed E-state index contributed by atoms with van der Waals surface area (Å²) in [6, 6.07) is 9.85. The van der Waals surface area contributed by atoms with Crippen molar-refractivity contribution in [1.29, 1.82) is 0 Å². The van der Waals surface area contributed by atoms with Gasteiger partial charge in [-0.05, 0) is 37.1 Å². The number of nitrogens with zero attached hydrogens (tertiary/aromatic N) is 4. The van der Waals surface area contributed by atoms with E-state index in [1.54, 1.807) is 25.6 Å². The number of amides is 1. The number of fused-ring (bicyclic) bond motifs is 1. The van der Waals surface area contributed by atoms with Crippen LogP contribution < -0.4 is 10.2 Å². The predicted molar refractivity (Wildman–Crippen MR) is 109 cm³/mol. The van der Waals surface area contributed by atoms with Crippen molar-refractivity contribution in [3.63, 3.8) is 0 Å². The lowest BCUT2D eigenvalue weighted by molar-refractivity contribution is -0.120. The van der Waals surface area contributed by atoms with Crippen LogP contribution in [0.15, 0.2) is 48.9 Å². The van der Waals surface area contributed by atoms with Crippen LogP contribution in [0.1, 0.15) is 12.8 Å². The first-order chi connectivity index (χ1) is 13.8. The van der Waals surface area contributed by atoms with Gasteiger partial charge >= 0.3 is 0 Å². The maximum absolute atomic E-state index is 13.0. The summed E-state index contributed by atoms with van der Waals surface area (Å²) in [5.74, 6) is 0.665. The molecule has 1 aromatic carbocycles. The summed E-state index contributed by atoms with van der Waals surface area (Å²) in [6.45, 7) is 2.96. The first-order valence-corrected chi connectivity index (χ1v) is 9.66. The molecule has 1 aliphatic heterocycles. The highest BCUT2D eigenvalue weighted by Gasteiger charge is 2.27. The molecule has 4 rings (SSSR count). The zero-order chi connectivity index (χ0) is 19.3. The Balaban J connectivity index is 1.48. The molecule has 0 radical (unpaired) electrons. The smallest absolute Gasteiger partial charge is 0.229 e. The van der Waals surface area contributed by atoms with Gasteiger partial charge in [-0.2, -0.15) is 0 Å². The predicted octanol–water partition coefficient (Wildman–Crippen LogP) is 2.93. The molecule has 1 N–H and O–H groups in total. The zero-order valence-electron chi connectivity index (χ0n) is 16.0. The summed E-state index contributed by atoms with van der Waals surface area (Å²) in [5.41, 5.74) is 1.95. The molecule has 28 heavy (non-hydrogen) atoms. The maximum atomic E-state index is 13.0. The molecule has 0 unspecified atom stereocenters. The molecule has 0 saturated carbocycles. The molecular weight excluding hydrogens is 354 g/mol. The van der Waals surface area contributed by atoms with Crippen molar-refractivity contribution in [3.05, 3.63) is 48.9 Å². The van der Waals surface area contributed by atoms with Gasteiger partial charge in [0.05, 0.1) is 23.7 Å². The van der Waals surface area contributed by atoms with Gasteiger partial charge in [-0.1, -0.05) is 6.07 Å². The third kappa shape index (κ3) is 3.84. The molecule has 1 fully saturated rings. The van der Waals surface area contributed by atoms with Crippen LogP contribution in [0.5, 0.6) is 0 Å². The number of aromatic nitrogens is 3. The van der Waals surface area contributed by atoms with Gasteiger partial charge in [0.1, 0.15) is 0 Å². The van der Waals surface area contributed by atoms with E-state index in [1.807, 2.05) is 24.4 Å². The van der Waals surface area contributed by atoms with Gasteiger partial charge in [-0.15, -0.1) is 0 Å². The Labute approximate surface area is 164 Å². The van der Waals surface area contributed by atoms with E-state index in [4.69, 9.17) is 4.74 Å². The largest absolute Gasteiger partial charge is 0.383 e. The molecule has 3 heterocycles. The van der Waals surface area contributed by atoms with E-state index in [0.717, 1.165) is 42.5 Å². The van der Waals surface area contributed by atoms with E-state index in [1.165, 1.54) is 0 Å². The molecule has 1 aliphatic rings. The summed E-state index contributed by atoms with van der Waals surface area (Å²) in [5, 5.41) is 4.19. The molecule has 1 atom stereocenters. The highest BCUT2D eigenvalue weighted by Crippen LogP contribution is 2.27. The first-order valence-electron chi connectivity index (χ1n) is 9.66. The summed E-state index contributed by atoms with van der Waals surface area (Å²) in [6.07, 6.45) is 7.34. The lowest BCUT2D eigenvalue weighted by atomic mass is 9.97. The Morgan fingerprint density at radius 2 is 2.11 bits per heavy atom. The molecule has 1 amide bonds. The fraction of sp³-hybridized carbons (Fsp3) is 0.381. The lowest BCUT2D eigenvalue weighted by Gasteiger charge is -2.31.